The minimum Gasteiger partial charge on any atom is -0.371 e. The molecule has 0 saturated carbocycles. The van der Waals surface area contributed by atoms with Gasteiger partial charge in [-0.15, -0.1) is 0 Å². The molecule has 2 atom stereocenters. The van der Waals surface area contributed by atoms with Crippen molar-refractivity contribution in [2.24, 2.45) is 5.92 Å². The molecule has 0 radical (unpaired) electrons. The van der Waals surface area contributed by atoms with Crippen molar-refractivity contribution >= 4 is 24.0 Å². The number of carbonyl (C=O) groups excluding carboxylic acids is 1. The van der Waals surface area contributed by atoms with Crippen LogP contribution in [0.2, 0.25) is 0 Å². The maximum absolute atomic E-state index is 12.8. The molecule has 0 aromatic heterocycles. The Hall–Kier alpha value is -2.95. The molecule has 4 rings (SSSR count). The summed E-state index contributed by atoms with van der Waals surface area (Å²) in [4.78, 5) is 17.4. The SMILES string of the molecule is CC1CC(CN2CCc3cc(C(C=N)C=N)ccc32)CN1C(=O)Cc1ccccc1. The average molecular weight is 403 g/mol. The Kier molecular flexibility index (Phi) is 5.98. The Balaban J connectivity index is 1.39. The fourth-order valence-corrected chi connectivity index (χ4v) is 4.93. The fourth-order valence-electron chi connectivity index (χ4n) is 4.93. The first kappa shape index (κ1) is 20.3. The molecule has 2 N–H and O–H groups in total. The van der Waals surface area contributed by atoms with Crippen LogP contribution >= 0.6 is 0 Å². The largest absolute Gasteiger partial charge is 0.371 e. The molecule has 2 heterocycles. The van der Waals surface area contributed by atoms with Gasteiger partial charge in [-0.1, -0.05) is 42.5 Å². The van der Waals surface area contributed by atoms with Crippen LogP contribution in [0.5, 0.6) is 0 Å². The topological polar surface area (TPSA) is 71.2 Å². The first-order chi connectivity index (χ1) is 14.6. The molecule has 2 aromatic carbocycles. The number of likely N-dealkylation sites (tertiary alicyclic amines) is 1. The average Bonchev–Trinajstić information content (AvgIpc) is 3.33. The van der Waals surface area contributed by atoms with Crippen molar-refractivity contribution in [2.75, 3.05) is 24.5 Å². The van der Waals surface area contributed by atoms with E-state index in [4.69, 9.17) is 10.8 Å². The van der Waals surface area contributed by atoms with Crippen molar-refractivity contribution in [3.8, 4) is 0 Å². The number of rotatable bonds is 7. The summed E-state index contributed by atoms with van der Waals surface area (Å²) in [5.74, 6) is 0.484. The summed E-state index contributed by atoms with van der Waals surface area (Å²) in [5.41, 5.74) is 4.68. The molecule has 1 saturated heterocycles. The lowest BCUT2D eigenvalue weighted by molar-refractivity contribution is -0.131. The third kappa shape index (κ3) is 4.16. The normalized spacial score (nSPS) is 21.4. The second-order valence-electron chi connectivity index (χ2n) is 8.60. The lowest BCUT2D eigenvalue weighted by Crippen LogP contribution is -2.36. The number of hydrogen-bond acceptors (Lipinski definition) is 4. The maximum atomic E-state index is 12.8. The molecular formula is C25H30N4O. The molecule has 30 heavy (non-hydrogen) atoms. The van der Waals surface area contributed by atoms with Crippen LogP contribution in [0, 0.1) is 16.7 Å². The number of carbonyl (C=O) groups is 1. The molecular weight excluding hydrogens is 372 g/mol. The zero-order valence-electron chi connectivity index (χ0n) is 17.6. The lowest BCUT2D eigenvalue weighted by atomic mass is 9.98. The van der Waals surface area contributed by atoms with Crippen LogP contribution in [0.3, 0.4) is 0 Å². The Labute approximate surface area is 178 Å². The number of anilines is 1. The van der Waals surface area contributed by atoms with Crippen molar-refractivity contribution in [2.45, 2.75) is 38.1 Å². The number of nitrogens with zero attached hydrogens (tertiary/aromatic N) is 2. The van der Waals surface area contributed by atoms with Gasteiger partial charge in [-0.25, -0.2) is 0 Å². The minimum absolute atomic E-state index is 0.229. The van der Waals surface area contributed by atoms with E-state index in [2.05, 4.69) is 28.9 Å². The van der Waals surface area contributed by atoms with Crippen molar-refractivity contribution in [1.29, 1.82) is 10.8 Å². The lowest BCUT2D eigenvalue weighted by Gasteiger charge is -2.24. The third-order valence-electron chi connectivity index (χ3n) is 6.50. The van der Waals surface area contributed by atoms with Crippen molar-refractivity contribution in [3.63, 3.8) is 0 Å². The van der Waals surface area contributed by atoms with Crippen LogP contribution in [0.1, 0.15) is 36.0 Å². The summed E-state index contributed by atoms with van der Waals surface area (Å²) in [7, 11) is 0. The van der Waals surface area contributed by atoms with E-state index in [1.54, 1.807) is 0 Å². The first-order valence-corrected chi connectivity index (χ1v) is 10.8. The van der Waals surface area contributed by atoms with Crippen molar-refractivity contribution < 1.29 is 4.79 Å². The highest BCUT2D eigenvalue weighted by atomic mass is 16.2. The van der Waals surface area contributed by atoms with E-state index in [1.807, 2.05) is 36.4 Å². The fraction of sp³-hybridized carbons (Fsp3) is 0.400. The molecule has 5 nitrogen and oxygen atoms in total. The van der Waals surface area contributed by atoms with Gasteiger partial charge in [-0.3, -0.25) is 4.79 Å². The third-order valence-corrected chi connectivity index (χ3v) is 6.50. The summed E-state index contributed by atoms with van der Waals surface area (Å²) in [6.07, 6.45) is 5.18. The number of nitrogens with one attached hydrogen (secondary N) is 2. The van der Waals surface area contributed by atoms with E-state index in [0.29, 0.717) is 12.3 Å². The molecule has 2 aromatic rings. The smallest absolute Gasteiger partial charge is 0.227 e. The standard InChI is InChI=1S/C25H30N4O/c1-18-11-20(17-29(18)25(30)12-19-5-3-2-4-6-19)16-28-10-9-22-13-21(7-8-24(22)28)23(14-26)15-27/h2-8,13-15,18,20,23,26-27H,9-12,16-17H2,1H3. The van der Waals surface area contributed by atoms with E-state index in [0.717, 1.165) is 43.6 Å². The maximum Gasteiger partial charge on any atom is 0.227 e. The van der Waals surface area contributed by atoms with E-state index < -0.39 is 0 Å². The zero-order valence-corrected chi connectivity index (χ0v) is 17.6. The second-order valence-corrected chi connectivity index (χ2v) is 8.60. The second kappa shape index (κ2) is 8.82. The highest BCUT2D eigenvalue weighted by Crippen LogP contribution is 2.33. The zero-order chi connectivity index (χ0) is 21.1. The predicted octanol–water partition coefficient (Wildman–Crippen LogP) is 3.91. The van der Waals surface area contributed by atoms with Crippen LogP contribution in [0.25, 0.3) is 0 Å². The molecule has 156 valence electrons. The van der Waals surface area contributed by atoms with Crippen LogP contribution in [0.4, 0.5) is 5.69 Å². The summed E-state index contributed by atoms with van der Waals surface area (Å²) in [5, 5.41) is 15.0. The van der Waals surface area contributed by atoms with Gasteiger partial charge in [-0.05, 0) is 48.4 Å². The van der Waals surface area contributed by atoms with Gasteiger partial charge in [-0.2, -0.15) is 0 Å². The molecule has 2 aliphatic rings. The minimum atomic E-state index is -0.232. The van der Waals surface area contributed by atoms with Gasteiger partial charge in [0.2, 0.25) is 5.91 Å². The van der Waals surface area contributed by atoms with Gasteiger partial charge in [0, 0.05) is 43.8 Å². The molecule has 2 aliphatic heterocycles. The van der Waals surface area contributed by atoms with Gasteiger partial charge in [0.05, 0.1) is 12.3 Å². The van der Waals surface area contributed by atoms with Crippen LogP contribution in [-0.2, 0) is 17.6 Å². The van der Waals surface area contributed by atoms with Gasteiger partial charge in [0.25, 0.3) is 0 Å². The van der Waals surface area contributed by atoms with Gasteiger partial charge >= 0.3 is 0 Å². The first-order valence-electron chi connectivity index (χ1n) is 10.8. The molecule has 1 amide bonds. The molecule has 5 heteroatoms. The predicted molar refractivity (Wildman–Crippen MR) is 122 cm³/mol. The Morgan fingerprint density at radius 3 is 2.67 bits per heavy atom. The molecule has 0 aliphatic carbocycles. The van der Waals surface area contributed by atoms with E-state index >= 15 is 0 Å². The van der Waals surface area contributed by atoms with Gasteiger partial charge < -0.3 is 20.6 Å². The van der Waals surface area contributed by atoms with E-state index in [9.17, 15) is 4.79 Å². The molecule has 0 spiro atoms. The van der Waals surface area contributed by atoms with Crippen LogP contribution < -0.4 is 4.90 Å². The van der Waals surface area contributed by atoms with E-state index in [1.165, 1.54) is 23.7 Å². The van der Waals surface area contributed by atoms with Crippen molar-refractivity contribution in [1.82, 2.24) is 4.90 Å². The van der Waals surface area contributed by atoms with Crippen LogP contribution in [-0.4, -0.2) is 48.9 Å². The Bertz CT molecular complexity index is 918. The summed E-state index contributed by atoms with van der Waals surface area (Å²) >= 11 is 0. The summed E-state index contributed by atoms with van der Waals surface area (Å²) in [6, 6.07) is 16.6. The summed E-state index contributed by atoms with van der Waals surface area (Å²) < 4.78 is 0. The highest BCUT2D eigenvalue weighted by Gasteiger charge is 2.34. The molecule has 2 unspecified atom stereocenters. The quantitative estimate of drug-likeness (QED) is 0.689. The van der Waals surface area contributed by atoms with Crippen LogP contribution in [0.15, 0.2) is 48.5 Å². The highest BCUT2D eigenvalue weighted by molar-refractivity contribution is 5.88. The number of amides is 1. The molecule has 0 bridgehead atoms. The van der Waals surface area contributed by atoms with Gasteiger partial charge in [0.15, 0.2) is 0 Å². The Morgan fingerprint density at radius 1 is 1.17 bits per heavy atom. The molecule has 1 fully saturated rings. The summed E-state index contributed by atoms with van der Waals surface area (Å²) in [6.45, 7) is 4.98. The monoisotopic (exact) mass is 402 g/mol. The van der Waals surface area contributed by atoms with E-state index in [-0.39, 0.29) is 17.9 Å². The Morgan fingerprint density at radius 2 is 1.93 bits per heavy atom. The number of fused-ring (bicyclic) bond motifs is 1. The van der Waals surface area contributed by atoms with Crippen molar-refractivity contribution in [3.05, 3.63) is 65.2 Å². The number of benzene rings is 2. The van der Waals surface area contributed by atoms with Gasteiger partial charge in [0.1, 0.15) is 0 Å². The number of hydrogen-bond donors (Lipinski definition) is 2.